The molecule has 0 spiro atoms. The Labute approximate surface area is 151 Å². The maximum absolute atomic E-state index is 11.2. The van der Waals surface area contributed by atoms with Crippen LogP contribution in [0.2, 0.25) is 0 Å². The van der Waals surface area contributed by atoms with Gasteiger partial charge in [0.15, 0.2) is 0 Å². The van der Waals surface area contributed by atoms with Gasteiger partial charge in [-0.2, -0.15) is 0 Å². The fourth-order valence-corrected chi connectivity index (χ4v) is 4.00. The first kappa shape index (κ1) is 18.4. The lowest BCUT2D eigenvalue weighted by molar-refractivity contribution is -0.114. The summed E-state index contributed by atoms with van der Waals surface area (Å²) in [7, 11) is 2.22. The first-order valence-electron chi connectivity index (χ1n) is 9.47. The van der Waals surface area contributed by atoms with Gasteiger partial charge in [0, 0.05) is 38.3 Å². The third-order valence-corrected chi connectivity index (χ3v) is 5.40. The lowest BCUT2D eigenvalue weighted by atomic mass is 10.0. The van der Waals surface area contributed by atoms with Crippen LogP contribution in [0.25, 0.3) is 0 Å². The van der Waals surface area contributed by atoms with Gasteiger partial charge in [0.2, 0.25) is 5.91 Å². The molecule has 1 aromatic carbocycles. The molecule has 2 aliphatic heterocycles. The van der Waals surface area contributed by atoms with E-state index in [2.05, 4.69) is 34.3 Å². The Balaban J connectivity index is 1.46. The van der Waals surface area contributed by atoms with Crippen molar-refractivity contribution in [3.63, 3.8) is 0 Å². The van der Waals surface area contributed by atoms with Crippen LogP contribution in [0, 0.1) is 5.92 Å². The van der Waals surface area contributed by atoms with Crippen LogP contribution < -0.4 is 5.32 Å². The average Bonchev–Trinajstić information content (AvgIpc) is 3.08. The van der Waals surface area contributed by atoms with Crippen LogP contribution in [-0.4, -0.2) is 61.6 Å². The maximum atomic E-state index is 11.2. The van der Waals surface area contributed by atoms with E-state index >= 15 is 0 Å². The van der Waals surface area contributed by atoms with Gasteiger partial charge < -0.3 is 15.0 Å². The smallest absolute Gasteiger partial charge is 0.221 e. The predicted octanol–water partition coefficient (Wildman–Crippen LogP) is 2.58. The summed E-state index contributed by atoms with van der Waals surface area (Å²) >= 11 is 0. The van der Waals surface area contributed by atoms with Gasteiger partial charge in [0.05, 0.1) is 6.61 Å². The third kappa shape index (κ3) is 5.53. The molecule has 5 heteroatoms. The van der Waals surface area contributed by atoms with Gasteiger partial charge in [-0.25, -0.2) is 0 Å². The van der Waals surface area contributed by atoms with Crippen molar-refractivity contribution in [2.45, 2.75) is 38.8 Å². The van der Waals surface area contributed by atoms with E-state index in [1.165, 1.54) is 44.5 Å². The molecule has 2 fully saturated rings. The van der Waals surface area contributed by atoms with Crippen molar-refractivity contribution >= 4 is 11.6 Å². The van der Waals surface area contributed by atoms with E-state index in [1.54, 1.807) is 6.92 Å². The van der Waals surface area contributed by atoms with E-state index in [4.69, 9.17) is 4.74 Å². The summed E-state index contributed by atoms with van der Waals surface area (Å²) in [5, 5.41) is 2.86. The molecular weight excluding hydrogens is 314 g/mol. The second kappa shape index (κ2) is 8.79. The SMILES string of the molecule is CC(=O)Nc1cccc(CN(C)C2CCN(C[C@H]3CCOC3)CC2)c1. The molecule has 1 aromatic rings. The molecule has 1 atom stereocenters. The normalized spacial score (nSPS) is 22.4. The molecule has 0 bridgehead atoms. The zero-order chi connectivity index (χ0) is 17.6. The van der Waals surface area contributed by atoms with E-state index < -0.39 is 0 Å². The van der Waals surface area contributed by atoms with Crippen LogP contribution in [0.3, 0.4) is 0 Å². The molecule has 0 unspecified atom stereocenters. The average molecular weight is 345 g/mol. The molecule has 1 amide bonds. The standard InChI is InChI=1S/C20H31N3O2/c1-16(24)21-19-5-3-4-17(12-19)13-22(2)20-6-9-23(10-7-20)14-18-8-11-25-15-18/h3-5,12,18,20H,6-11,13-15H2,1-2H3,(H,21,24)/t18-/m1/s1. The number of hydrogen-bond acceptors (Lipinski definition) is 4. The second-order valence-electron chi connectivity index (χ2n) is 7.56. The molecule has 2 heterocycles. The number of benzene rings is 1. The van der Waals surface area contributed by atoms with Crippen LogP contribution in [0.5, 0.6) is 0 Å². The number of anilines is 1. The van der Waals surface area contributed by atoms with Crippen LogP contribution in [-0.2, 0) is 16.1 Å². The maximum Gasteiger partial charge on any atom is 0.221 e. The number of hydrogen-bond donors (Lipinski definition) is 1. The molecule has 2 aliphatic rings. The highest BCUT2D eigenvalue weighted by atomic mass is 16.5. The van der Waals surface area contributed by atoms with Gasteiger partial charge in [-0.15, -0.1) is 0 Å². The number of carbonyl (C=O) groups excluding carboxylic acids is 1. The fourth-order valence-electron chi connectivity index (χ4n) is 4.00. The molecule has 0 aliphatic carbocycles. The van der Waals surface area contributed by atoms with E-state index in [0.717, 1.165) is 31.4 Å². The lowest BCUT2D eigenvalue weighted by Gasteiger charge is -2.37. The van der Waals surface area contributed by atoms with Gasteiger partial charge in [-0.05, 0) is 63.0 Å². The van der Waals surface area contributed by atoms with Crippen molar-refractivity contribution in [1.29, 1.82) is 0 Å². The predicted molar refractivity (Wildman–Crippen MR) is 101 cm³/mol. The highest BCUT2D eigenvalue weighted by Gasteiger charge is 2.25. The molecule has 138 valence electrons. The van der Waals surface area contributed by atoms with Crippen LogP contribution >= 0.6 is 0 Å². The van der Waals surface area contributed by atoms with E-state index in [-0.39, 0.29) is 5.91 Å². The van der Waals surface area contributed by atoms with Crippen LogP contribution in [0.1, 0.15) is 31.7 Å². The summed E-state index contributed by atoms with van der Waals surface area (Å²) < 4.78 is 5.50. The van der Waals surface area contributed by atoms with Gasteiger partial charge in [0.25, 0.3) is 0 Å². The summed E-state index contributed by atoms with van der Waals surface area (Å²) in [6.45, 7) is 7.95. The van der Waals surface area contributed by atoms with E-state index in [1.807, 2.05) is 12.1 Å². The summed E-state index contributed by atoms with van der Waals surface area (Å²) in [6, 6.07) is 8.81. The Bertz CT molecular complexity index is 564. The van der Waals surface area contributed by atoms with Crippen molar-refractivity contribution in [2.75, 3.05) is 45.2 Å². The van der Waals surface area contributed by atoms with E-state index in [9.17, 15) is 4.79 Å². The summed E-state index contributed by atoms with van der Waals surface area (Å²) in [4.78, 5) is 16.3. The molecule has 0 aromatic heterocycles. The Hall–Kier alpha value is -1.43. The zero-order valence-corrected chi connectivity index (χ0v) is 15.5. The summed E-state index contributed by atoms with van der Waals surface area (Å²) in [5.41, 5.74) is 2.13. The highest BCUT2D eigenvalue weighted by molar-refractivity contribution is 5.88. The number of nitrogens with one attached hydrogen (secondary N) is 1. The quantitative estimate of drug-likeness (QED) is 0.861. The largest absolute Gasteiger partial charge is 0.381 e. The molecule has 2 saturated heterocycles. The monoisotopic (exact) mass is 345 g/mol. The van der Waals surface area contributed by atoms with Gasteiger partial charge in [-0.1, -0.05) is 12.1 Å². The molecule has 3 rings (SSSR count). The minimum atomic E-state index is -0.0226. The van der Waals surface area contributed by atoms with Gasteiger partial charge >= 0.3 is 0 Å². The van der Waals surface area contributed by atoms with Crippen molar-refractivity contribution < 1.29 is 9.53 Å². The molecular formula is C20H31N3O2. The minimum absolute atomic E-state index is 0.0226. The first-order valence-corrected chi connectivity index (χ1v) is 9.47. The highest BCUT2D eigenvalue weighted by Crippen LogP contribution is 2.21. The van der Waals surface area contributed by atoms with Crippen LogP contribution in [0.4, 0.5) is 5.69 Å². The number of rotatable bonds is 6. The lowest BCUT2D eigenvalue weighted by Crippen LogP contribution is -2.44. The van der Waals surface area contributed by atoms with Crippen molar-refractivity contribution in [3.05, 3.63) is 29.8 Å². The fraction of sp³-hybridized carbons (Fsp3) is 0.650. The number of ether oxygens (including phenoxy) is 1. The summed E-state index contributed by atoms with van der Waals surface area (Å²) in [5.74, 6) is 0.719. The van der Waals surface area contributed by atoms with Crippen molar-refractivity contribution in [3.8, 4) is 0 Å². The van der Waals surface area contributed by atoms with Gasteiger partial charge in [0.1, 0.15) is 0 Å². The van der Waals surface area contributed by atoms with Crippen molar-refractivity contribution in [2.24, 2.45) is 5.92 Å². The van der Waals surface area contributed by atoms with E-state index in [0.29, 0.717) is 6.04 Å². The number of piperidine rings is 1. The molecule has 0 saturated carbocycles. The van der Waals surface area contributed by atoms with Crippen LogP contribution in [0.15, 0.2) is 24.3 Å². The number of nitrogens with zero attached hydrogens (tertiary/aromatic N) is 2. The zero-order valence-electron chi connectivity index (χ0n) is 15.5. The Morgan fingerprint density at radius 1 is 1.32 bits per heavy atom. The first-order chi connectivity index (χ1) is 12.1. The third-order valence-electron chi connectivity index (χ3n) is 5.40. The van der Waals surface area contributed by atoms with Gasteiger partial charge in [-0.3, -0.25) is 9.69 Å². The number of likely N-dealkylation sites (tertiary alicyclic amines) is 1. The number of carbonyl (C=O) groups is 1. The molecule has 0 radical (unpaired) electrons. The molecule has 5 nitrogen and oxygen atoms in total. The Morgan fingerprint density at radius 3 is 2.80 bits per heavy atom. The topological polar surface area (TPSA) is 44.8 Å². The minimum Gasteiger partial charge on any atom is -0.381 e. The molecule has 1 N–H and O–H groups in total. The Kier molecular flexibility index (Phi) is 6.45. The number of amides is 1. The molecule has 25 heavy (non-hydrogen) atoms. The second-order valence-corrected chi connectivity index (χ2v) is 7.56. The Morgan fingerprint density at radius 2 is 2.12 bits per heavy atom. The van der Waals surface area contributed by atoms with Crippen molar-refractivity contribution in [1.82, 2.24) is 9.80 Å². The summed E-state index contributed by atoms with van der Waals surface area (Å²) in [6.07, 6.45) is 3.69.